The van der Waals surface area contributed by atoms with Gasteiger partial charge in [-0.1, -0.05) is 30.3 Å². The SMILES string of the molecule is COc1cccc(-c2nn(-c3ccccc3)cc2C(=O)NC2CCNC(C)C2)c1.Cl. The van der Waals surface area contributed by atoms with Crippen LogP contribution in [0.5, 0.6) is 5.75 Å². The Kier molecular flexibility index (Phi) is 7.13. The topological polar surface area (TPSA) is 68.2 Å². The number of nitrogens with zero attached hydrogens (tertiary/aromatic N) is 2. The van der Waals surface area contributed by atoms with Crippen molar-refractivity contribution < 1.29 is 9.53 Å². The van der Waals surface area contributed by atoms with Gasteiger partial charge in [0.2, 0.25) is 0 Å². The Morgan fingerprint density at radius 3 is 2.73 bits per heavy atom. The van der Waals surface area contributed by atoms with Gasteiger partial charge in [0, 0.05) is 23.8 Å². The summed E-state index contributed by atoms with van der Waals surface area (Å²) in [6.07, 6.45) is 3.66. The molecule has 1 fully saturated rings. The first kappa shape index (κ1) is 21.9. The molecule has 0 radical (unpaired) electrons. The maximum absolute atomic E-state index is 13.2. The predicted molar refractivity (Wildman–Crippen MR) is 121 cm³/mol. The second-order valence-corrected chi connectivity index (χ2v) is 7.45. The molecule has 2 N–H and O–H groups in total. The number of aromatic nitrogens is 2. The minimum Gasteiger partial charge on any atom is -0.497 e. The summed E-state index contributed by atoms with van der Waals surface area (Å²) in [6.45, 7) is 3.06. The molecule has 2 atom stereocenters. The Morgan fingerprint density at radius 2 is 2.00 bits per heavy atom. The lowest BCUT2D eigenvalue weighted by atomic mass is 10.00. The molecule has 2 heterocycles. The van der Waals surface area contributed by atoms with Gasteiger partial charge in [-0.15, -0.1) is 12.4 Å². The number of halogens is 1. The molecule has 1 amide bonds. The average molecular weight is 427 g/mol. The smallest absolute Gasteiger partial charge is 0.255 e. The van der Waals surface area contributed by atoms with Crippen LogP contribution < -0.4 is 15.4 Å². The van der Waals surface area contributed by atoms with Crippen molar-refractivity contribution in [1.82, 2.24) is 20.4 Å². The van der Waals surface area contributed by atoms with Crippen molar-refractivity contribution in [1.29, 1.82) is 0 Å². The van der Waals surface area contributed by atoms with E-state index in [-0.39, 0.29) is 24.4 Å². The van der Waals surface area contributed by atoms with E-state index in [1.807, 2.05) is 60.8 Å². The zero-order valence-electron chi connectivity index (χ0n) is 17.2. The van der Waals surface area contributed by atoms with Crippen LogP contribution in [0.2, 0.25) is 0 Å². The monoisotopic (exact) mass is 426 g/mol. The first-order chi connectivity index (χ1) is 14.1. The van der Waals surface area contributed by atoms with Gasteiger partial charge in [0.1, 0.15) is 11.4 Å². The molecule has 0 saturated carbocycles. The first-order valence-electron chi connectivity index (χ1n) is 9.98. The largest absolute Gasteiger partial charge is 0.497 e. The van der Waals surface area contributed by atoms with Gasteiger partial charge in [-0.2, -0.15) is 5.10 Å². The molecular formula is C23H27ClN4O2. The van der Waals surface area contributed by atoms with Crippen LogP contribution in [0.3, 0.4) is 0 Å². The summed E-state index contributed by atoms with van der Waals surface area (Å²) in [5.41, 5.74) is 2.97. The first-order valence-corrected chi connectivity index (χ1v) is 9.98. The third kappa shape index (κ3) is 4.83. The number of para-hydroxylation sites is 1. The minimum absolute atomic E-state index is 0. The van der Waals surface area contributed by atoms with Gasteiger partial charge in [-0.05, 0) is 50.6 Å². The highest BCUT2D eigenvalue weighted by molar-refractivity contribution is 6.00. The molecule has 1 aromatic heterocycles. The van der Waals surface area contributed by atoms with Gasteiger partial charge in [-0.25, -0.2) is 4.68 Å². The molecule has 3 aromatic rings. The fraction of sp³-hybridized carbons (Fsp3) is 0.304. The summed E-state index contributed by atoms with van der Waals surface area (Å²) in [7, 11) is 1.63. The quantitative estimate of drug-likeness (QED) is 0.650. The molecule has 158 valence electrons. The number of carbonyl (C=O) groups is 1. The van der Waals surface area contributed by atoms with Gasteiger partial charge < -0.3 is 15.4 Å². The second-order valence-electron chi connectivity index (χ2n) is 7.45. The van der Waals surface area contributed by atoms with Crippen molar-refractivity contribution in [3.8, 4) is 22.7 Å². The summed E-state index contributed by atoms with van der Waals surface area (Å²) >= 11 is 0. The maximum Gasteiger partial charge on any atom is 0.255 e. The highest BCUT2D eigenvalue weighted by Gasteiger charge is 2.24. The van der Waals surface area contributed by atoms with Crippen molar-refractivity contribution in [2.24, 2.45) is 0 Å². The van der Waals surface area contributed by atoms with E-state index in [9.17, 15) is 4.79 Å². The van der Waals surface area contributed by atoms with Crippen LogP contribution in [0.15, 0.2) is 60.8 Å². The Morgan fingerprint density at radius 1 is 1.20 bits per heavy atom. The van der Waals surface area contributed by atoms with Gasteiger partial charge in [0.05, 0.1) is 18.4 Å². The van der Waals surface area contributed by atoms with E-state index in [2.05, 4.69) is 17.6 Å². The summed E-state index contributed by atoms with van der Waals surface area (Å²) in [5.74, 6) is 0.638. The van der Waals surface area contributed by atoms with Crippen LogP contribution in [0.25, 0.3) is 16.9 Å². The van der Waals surface area contributed by atoms with Crippen LogP contribution in [-0.2, 0) is 0 Å². The molecule has 2 aromatic carbocycles. The predicted octanol–water partition coefficient (Wildman–Crippen LogP) is 3.84. The normalized spacial score (nSPS) is 18.3. The van der Waals surface area contributed by atoms with E-state index in [1.165, 1.54) is 0 Å². The number of methoxy groups -OCH3 is 1. The Labute approximate surface area is 183 Å². The maximum atomic E-state index is 13.2. The number of rotatable bonds is 5. The van der Waals surface area contributed by atoms with Crippen LogP contribution in [0.1, 0.15) is 30.1 Å². The van der Waals surface area contributed by atoms with E-state index >= 15 is 0 Å². The number of ether oxygens (including phenoxy) is 1. The van der Waals surface area contributed by atoms with Gasteiger partial charge in [0.15, 0.2) is 0 Å². The van der Waals surface area contributed by atoms with E-state index in [0.29, 0.717) is 17.3 Å². The third-order valence-corrected chi connectivity index (χ3v) is 5.28. The molecule has 0 bridgehead atoms. The molecule has 30 heavy (non-hydrogen) atoms. The lowest BCUT2D eigenvalue weighted by Crippen LogP contribution is -2.46. The van der Waals surface area contributed by atoms with Gasteiger partial charge in [0.25, 0.3) is 5.91 Å². The number of benzene rings is 2. The van der Waals surface area contributed by atoms with Crippen molar-refractivity contribution in [3.63, 3.8) is 0 Å². The average Bonchev–Trinajstić information content (AvgIpc) is 3.20. The Balaban J connectivity index is 0.00000256. The van der Waals surface area contributed by atoms with Crippen molar-refractivity contribution in [2.75, 3.05) is 13.7 Å². The van der Waals surface area contributed by atoms with Gasteiger partial charge >= 0.3 is 0 Å². The number of amides is 1. The number of hydrogen-bond acceptors (Lipinski definition) is 4. The fourth-order valence-corrected chi connectivity index (χ4v) is 3.76. The van der Waals surface area contributed by atoms with Crippen molar-refractivity contribution in [3.05, 3.63) is 66.4 Å². The second kappa shape index (κ2) is 9.78. The highest BCUT2D eigenvalue weighted by Crippen LogP contribution is 2.27. The highest BCUT2D eigenvalue weighted by atomic mass is 35.5. The standard InChI is InChI=1S/C23H26N4O2.ClH/c1-16-13-18(11-12-24-16)25-23(28)21-15-27(19-8-4-3-5-9-19)26-22(21)17-7-6-10-20(14-17)29-2;/h3-10,14-16,18,24H,11-13H2,1-2H3,(H,25,28);1H. The molecule has 1 aliphatic heterocycles. The zero-order chi connectivity index (χ0) is 20.2. The Hall–Kier alpha value is -2.83. The van der Waals surface area contributed by atoms with Crippen LogP contribution in [0, 0.1) is 0 Å². The summed E-state index contributed by atoms with van der Waals surface area (Å²) in [5, 5.41) is 11.4. The Bertz CT molecular complexity index is 990. The van der Waals surface area contributed by atoms with E-state index in [0.717, 1.165) is 36.4 Å². The third-order valence-electron chi connectivity index (χ3n) is 5.28. The lowest BCUT2D eigenvalue weighted by Gasteiger charge is -2.28. The number of nitrogens with one attached hydrogen (secondary N) is 2. The molecule has 0 spiro atoms. The minimum atomic E-state index is -0.0934. The molecule has 6 nitrogen and oxygen atoms in total. The molecule has 2 unspecified atom stereocenters. The fourth-order valence-electron chi connectivity index (χ4n) is 3.76. The van der Waals surface area contributed by atoms with Crippen LogP contribution in [-0.4, -0.2) is 41.4 Å². The van der Waals surface area contributed by atoms with E-state index in [4.69, 9.17) is 9.84 Å². The lowest BCUT2D eigenvalue weighted by molar-refractivity contribution is 0.0926. The molecule has 1 aliphatic rings. The summed E-state index contributed by atoms with van der Waals surface area (Å²) < 4.78 is 7.12. The van der Waals surface area contributed by atoms with Crippen molar-refractivity contribution in [2.45, 2.75) is 31.8 Å². The van der Waals surface area contributed by atoms with Crippen LogP contribution in [0.4, 0.5) is 0 Å². The molecule has 1 saturated heterocycles. The van der Waals surface area contributed by atoms with Gasteiger partial charge in [-0.3, -0.25) is 4.79 Å². The number of piperidine rings is 1. The zero-order valence-corrected chi connectivity index (χ0v) is 18.0. The van der Waals surface area contributed by atoms with Crippen molar-refractivity contribution >= 4 is 18.3 Å². The molecule has 0 aliphatic carbocycles. The molecule has 7 heteroatoms. The number of hydrogen-bond donors (Lipinski definition) is 2. The molecular weight excluding hydrogens is 400 g/mol. The summed E-state index contributed by atoms with van der Waals surface area (Å²) in [6, 6.07) is 18.0. The van der Waals surface area contributed by atoms with E-state index < -0.39 is 0 Å². The van der Waals surface area contributed by atoms with E-state index in [1.54, 1.807) is 11.8 Å². The summed E-state index contributed by atoms with van der Waals surface area (Å²) in [4.78, 5) is 13.2. The van der Waals surface area contributed by atoms with Crippen LogP contribution >= 0.6 is 12.4 Å². The molecule has 4 rings (SSSR count). The number of carbonyl (C=O) groups excluding carboxylic acids is 1.